The van der Waals surface area contributed by atoms with E-state index >= 15 is 0 Å². The highest BCUT2D eigenvalue weighted by Crippen LogP contribution is 2.17. The number of aromatic amines is 1. The second kappa shape index (κ2) is 8.68. The van der Waals surface area contributed by atoms with E-state index in [1.165, 1.54) is 0 Å². The molecule has 142 valence electrons. The fourth-order valence-corrected chi connectivity index (χ4v) is 3.67. The maximum atomic E-state index is 12.4. The number of fused-ring (bicyclic) bond motifs is 1. The maximum Gasteiger partial charge on any atom is 0.272 e. The highest BCUT2D eigenvalue weighted by atomic mass is 32.2. The molecule has 8 nitrogen and oxygen atoms in total. The molecule has 2 aromatic rings. The molecule has 1 amide bonds. The molecule has 1 aliphatic rings. The number of carbonyl (C=O) groups excluding carboxylic acids is 1. The minimum absolute atomic E-state index is 0.111. The van der Waals surface area contributed by atoms with Crippen molar-refractivity contribution in [2.24, 2.45) is 5.92 Å². The molecule has 0 spiro atoms. The lowest BCUT2D eigenvalue weighted by atomic mass is 10.1. The highest BCUT2D eigenvalue weighted by Gasteiger charge is 2.21. The van der Waals surface area contributed by atoms with Crippen molar-refractivity contribution < 1.29 is 4.79 Å². The monoisotopic (exact) mass is 377 g/mol. The lowest BCUT2D eigenvalue weighted by Gasteiger charge is -2.13. The zero-order chi connectivity index (χ0) is 18.5. The Morgan fingerprint density at radius 2 is 2.23 bits per heavy atom. The summed E-state index contributed by atoms with van der Waals surface area (Å²) in [5.41, 5.74) is 2.58. The topological polar surface area (TPSA) is 101 Å². The van der Waals surface area contributed by atoms with Crippen LogP contribution in [-0.2, 0) is 25.9 Å². The minimum atomic E-state index is -0.111. The van der Waals surface area contributed by atoms with Crippen molar-refractivity contribution in [1.29, 1.82) is 0 Å². The highest BCUT2D eigenvalue weighted by molar-refractivity contribution is 7.98. The molecule has 1 aliphatic heterocycles. The van der Waals surface area contributed by atoms with Gasteiger partial charge in [-0.1, -0.05) is 25.6 Å². The zero-order valence-electron chi connectivity index (χ0n) is 15.6. The van der Waals surface area contributed by atoms with Crippen molar-refractivity contribution in [2.45, 2.75) is 51.4 Å². The van der Waals surface area contributed by atoms with E-state index in [4.69, 9.17) is 0 Å². The van der Waals surface area contributed by atoms with Crippen LogP contribution in [0.25, 0.3) is 0 Å². The van der Waals surface area contributed by atoms with E-state index in [9.17, 15) is 4.79 Å². The summed E-state index contributed by atoms with van der Waals surface area (Å²) in [4.78, 5) is 12.4. The first-order valence-electron chi connectivity index (χ1n) is 9.11. The summed E-state index contributed by atoms with van der Waals surface area (Å²) in [6, 6.07) is 0. The summed E-state index contributed by atoms with van der Waals surface area (Å²) < 4.78 is 2.19. The molecule has 0 saturated heterocycles. The Morgan fingerprint density at radius 3 is 3.00 bits per heavy atom. The average Bonchev–Trinajstić information content (AvgIpc) is 3.22. The SMILES string of the molecule is CSc1nnc(CCCNC(=O)c2n[nH]c3c2CNCC3)n1CC(C)C. The number of hydrogen-bond donors (Lipinski definition) is 3. The Labute approximate surface area is 157 Å². The van der Waals surface area contributed by atoms with Crippen LogP contribution in [0.3, 0.4) is 0 Å². The van der Waals surface area contributed by atoms with E-state index in [0.29, 0.717) is 24.7 Å². The van der Waals surface area contributed by atoms with Gasteiger partial charge in [-0.3, -0.25) is 9.89 Å². The Hall–Kier alpha value is -1.87. The van der Waals surface area contributed by atoms with Gasteiger partial charge in [0.05, 0.1) is 0 Å². The van der Waals surface area contributed by atoms with E-state index in [-0.39, 0.29) is 5.91 Å². The first-order valence-corrected chi connectivity index (χ1v) is 10.3. The summed E-state index contributed by atoms with van der Waals surface area (Å²) in [5.74, 6) is 1.41. The van der Waals surface area contributed by atoms with E-state index in [1.54, 1.807) is 11.8 Å². The Morgan fingerprint density at radius 1 is 1.38 bits per heavy atom. The van der Waals surface area contributed by atoms with Gasteiger partial charge in [0.2, 0.25) is 0 Å². The Bertz CT molecular complexity index is 752. The zero-order valence-corrected chi connectivity index (χ0v) is 16.4. The Balaban J connectivity index is 1.52. The quantitative estimate of drug-likeness (QED) is 0.475. The average molecular weight is 378 g/mol. The number of nitrogens with zero attached hydrogens (tertiary/aromatic N) is 4. The molecule has 3 heterocycles. The molecule has 0 unspecified atom stereocenters. The fraction of sp³-hybridized carbons (Fsp3) is 0.647. The molecule has 9 heteroatoms. The van der Waals surface area contributed by atoms with Gasteiger partial charge in [-0.25, -0.2) is 0 Å². The molecule has 3 N–H and O–H groups in total. The van der Waals surface area contributed by atoms with E-state index < -0.39 is 0 Å². The molecule has 0 bridgehead atoms. The van der Waals surface area contributed by atoms with Crippen molar-refractivity contribution in [3.8, 4) is 0 Å². The standard InChI is InChI=1S/C17H27N7OS/c1-11(2)10-24-14(21-23-17(24)26-3)5-4-7-19-16(25)15-12-9-18-8-6-13(12)20-22-15/h11,18H,4-10H2,1-3H3,(H,19,25)(H,20,22). The summed E-state index contributed by atoms with van der Waals surface area (Å²) in [6.07, 6.45) is 4.52. The number of rotatable bonds is 8. The summed E-state index contributed by atoms with van der Waals surface area (Å²) >= 11 is 1.62. The molecule has 3 rings (SSSR count). The second-order valence-electron chi connectivity index (χ2n) is 6.92. The van der Waals surface area contributed by atoms with Gasteiger partial charge in [-0.2, -0.15) is 5.10 Å². The number of hydrogen-bond acceptors (Lipinski definition) is 6. The second-order valence-corrected chi connectivity index (χ2v) is 7.70. The summed E-state index contributed by atoms with van der Waals surface area (Å²) in [6.45, 7) is 7.51. The number of H-pyrrole nitrogens is 1. The molecule has 0 fully saturated rings. The lowest BCUT2D eigenvalue weighted by Crippen LogP contribution is -2.29. The van der Waals surface area contributed by atoms with Crippen LogP contribution >= 0.6 is 11.8 Å². The van der Waals surface area contributed by atoms with Gasteiger partial charge < -0.3 is 15.2 Å². The molecular formula is C17H27N7OS. The van der Waals surface area contributed by atoms with Gasteiger partial charge in [-0.05, 0) is 18.6 Å². The molecular weight excluding hydrogens is 350 g/mol. The number of aryl methyl sites for hydroxylation is 1. The Kier molecular flexibility index (Phi) is 6.31. The first-order chi connectivity index (χ1) is 12.6. The number of aromatic nitrogens is 5. The number of amides is 1. The van der Waals surface area contributed by atoms with Crippen molar-refractivity contribution in [3.63, 3.8) is 0 Å². The van der Waals surface area contributed by atoms with Gasteiger partial charge >= 0.3 is 0 Å². The van der Waals surface area contributed by atoms with Gasteiger partial charge in [0.25, 0.3) is 5.91 Å². The van der Waals surface area contributed by atoms with E-state index in [2.05, 4.69) is 49.4 Å². The molecule has 26 heavy (non-hydrogen) atoms. The minimum Gasteiger partial charge on any atom is -0.351 e. The third-order valence-electron chi connectivity index (χ3n) is 4.41. The van der Waals surface area contributed by atoms with Crippen LogP contribution in [0.2, 0.25) is 0 Å². The summed E-state index contributed by atoms with van der Waals surface area (Å²) in [5, 5.41) is 23.0. The first kappa shape index (κ1) is 18.9. The number of carbonyl (C=O) groups is 1. The normalized spacial score (nSPS) is 13.8. The van der Waals surface area contributed by atoms with Gasteiger partial charge in [0, 0.05) is 50.3 Å². The predicted octanol–water partition coefficient (Wildman–Crippen LogP) is 1.39. The van der Waals surface area contributed by atoms with Crippen LogP contribution in [-0.4, -0.2) is 50.2 Å². The number of thioether (sulfide) groups is 1. The molecule has 2 aromatic heterocycles. The van der Waals surface area contributed by atoms with Crippen molar-refractivity contribution in [3.05, 3.63) is 22.8 Å². The van der Waals surface area contributed by atoms with Crippen LogP contribution in [0, 0.1) is 5.92 Å². The van der Waals surface area contributed by atoms with Gasteiger partial charge in [-0.15, -0.1) is 10.2 Å². The van der Waals surface area contributed by atoms with E-state index in [1.807, 2.05) is 6.26 Å². The van der Waals surface area contributed by atoms with Crippen LogP contribution < -0.4 is 10.6 Å². The van der Waals surface area contributed by atoms with Gasteiger partial charge in [0.15, 0.2) is 10.9 Å². The van der Waals surface area contributed by atoms with Gasteiger partial charge in [0.1, 0.15) is 5.82 Å². The molecule has 0 radical (unpaired) electrons. The third kappa shape index (κ3) is 4.27. The predicted molar refractivity (Wildman–Crippen MR) is 101 cm³/mol. The smallest absolute Gasteiger partial charge is 0.272 e. The van der Waals surface area contributed by atoms with Crippen LogP contribution in [0.4, 0.5) is 0 Å². The number of nitrogens with one attached hydrogen (secondary N) is 3. The summed E-state index contributed by atoms with van der Waals surface area (Å²) in [7, 11) is 0. The molecule has 0 aliphatic carbocycles. The maximum absolute atomic E-state index is 12.4. The van der Waals surface area contributed by atoms with E-state index in [0.717, 1.165) is 54.6 Å². The third-order valence-corrected chi connectivity index (χ3v) is 5.08. The van der Waals surface area contributed by atoms with Crippen LogP contribution in [0.15, 0.2) is 5.16 Å². The van der Waals surface area contributed by atoms with Crippen molar-refractivity contribution >= 4 is 17.7 Å². The van der Waals surface area contributed by atoms with Crippen molar-refractivity contribution in [2.75, 3.05) is 19.3 Å². The largest absolute Gasteiger partial charge is 0.351 e. The lowest BCUT2D eigenvalue weighted by molar-refractivity contribution is 0.0947. The molecule has 0 aromatic carbocycles. The van der Waals surface area contributed by atoms with Crippen molar-refractivity contribution in [1.82, 2.24) is 35.6 Å². The van der Waals surface area contributed by atoms with Crippen LogP contribution in [0.5, 0.6) is 0 Å². The molecule has 0 atom stereocenters. The fourth-order valence-electron chi connectivity index (χ4n) is 3.15. The molecule has 0 saturated carbocycles. The van der Waals surface area contributed by atoms with Crippen LogP contribution in [0.1, 0.15) is 47.8 Å².